The van der Waals surface area contributed by atoms with Crippen LogP contribution in [-0.2, 0) is 20.8 Å². The summed E-state index contributed by atoms with van der Waals surface area (Å²) >= 11 is 0. The molecule has 3 aliphatic rings. The van der Waals surface area contributed by atoms with Crippen molar-refractivity contribution in [2.45, 2.75) is 57.9 Å². The first kappa shape index (κ1) is 28.2. The summed E-state index contributed by atoms with van der Waals surface area (Å²) in [6.07, 6.45) is 3.74. The number of hydrogen-bond acceptors (Lipinski definition) is 6. The van der Waals surface area contributed by atoms with Crippen molar-refractivity contribution in [2.75, 3.05) is 59.5 Å². The third kappa shape index (κ3) is 6.23. The Balaban J connectivity index is 1.58. The van der Waals surface area contributed by atoms with E-state index in [0.717, 1.165) is 49.1 Å². The van der Waals surface area contributed by atoms with Gasteiger partial charge in [-0.1, -0.05) is 26.0 Å². The minimum absolute atomic E-state index is 0.0268. The molecule has 210 valence electrons. The first-order valence-corrected chi connectivity index (χ1v) is 14.0. The molecule has 0 radical (unpaired) electrons. The number of carboxylic acid groups (broad SMARTS) is 1. The SMILES string of the molecule is CCCON(CCC)C(=O)CN1C[C@H](c2ccc3c(c2)CCO3)[C@@H](C(=O)O)[C@@H]1CCN1CCCN(C)C1=O. The van der Waals surface area contributed by atoms with Crippen molar-refractivity contribution >= 4 is 17.9 Å². The molecule has 0 bridgehead atoms. The molecule has 2 fully saturated rings. The van der Waals surface area contributed by atoms with Gasteiger partial charge in [-0.3, -0.25) is 19.3 Å². The van der Waals surface area contributed by atoms with Gasteiger partial charge in [0.05, 0.1) is 25.7 Å². The molecule has 3 atom stereocenters. The molecule has 38 heavy (non-hydrogen) atoms. The Hall–Kier alpha value is -2.85. The predicted octanol–water partition coefficient (Wildman–Crippen LogP) is 2.82. The van der Waals surface area contributed by atoms with Crippen LogP contribution in [0.15, 0.2) is 18.2 Å². The maximum Gasteiger partial charge on any atom is 0.319 e. The summed E-state index contributed by atoms with van der Waals surface area (Å²) < 4.78 is 5.66. The zero-order valence-electron chi connectivity index (χ0n) is 22.9. The van der Waals surface area contributed by atoms with Gasteiger partial charge in [-0.2, -0.15) is 0 Å². The van der Waals surface area contributed by atoms with E-state index in [1.807, 2.05) is 30.9 Å². The Labute approximate surface area is 225 Å². The second kappa shape index (κ2) is 12.8. The third-order valence-electron chi connectivity index (χ3n) is 7.88. The second-order valence-electron chi connectivity index (χ2n) is 10.6. The molecule has 0 aromatic heterocycles. The Morgan fingerprint density at radius 1 is 1.21 bits per heavy atom. The maximum atomic E-state index is 13.3. The van der Waals surface area contributed by atoms with Crippen LogP contribution >= 0.6 is 0 Å². The molecule has 3 aliphatic heterocycles. The lowest BCUT2D eigenvalue weighted by molar-refractivity contribution is -0.188. The minimum Gasteiger partial charge on any atom is -0.493 e. The van der Waals surface area contributed by atoms with Gasteiger partial charge < -0.3 is 19.6 Å². The average Bonchev–Trinajstić information content (AvgIpc) is 3.51. The number of hydrogen-bond donors (Lipinski definition) is 1. The van der Waals surface area contributed by atoms with E-state index in [-0.39, 0.29) is 30.4 Å². The number of urea groups is 1. The Morgan fingerprint density at radius 2 is 2.03 bits per heavy atom. The number of carbonyl (C=O) groups is 3. The number of carboxylic acids is 1. The van der Waals surface area contributed by atoms with Crippen molar-refractivity contribution in [3.05, 3.63) is 29.3 Å². The molecule has 0 saturated carbocycles. The molecule has 10 nitrogen and oxygen atoms in total. The number of likely N-dealkylation sites (tertiary alicyclic amines) is 1. The van der Waals surface area contributed by atoms with E-state index in [9.17, 15) is 19.5 Å². The Morgan fingerprint density at radius 3 is 2.76 bits per heavy atom. The van der Waals surface area contributed by atoms with Crippen LogP contribution in [0.3, 0.4) is 0 Å². The second-order valence-corrected chi connectivity index (χ2v) is 10.6. The molecular formula is C28H42N4O6. The van der Waals surface area contributed by atoms with Crippen molar-refractivity contribution in [1.29, 1.82) is 0 Å². The number of fused-ring (bicyclic) bond motifs is 1. The molecule has 0 spiro atoms. The lowest BCUT2D eigenvalue weighted by Crippen LogP contribution is -2.50. The molecule has 1 aromatic rings. The molecule has 4 rings (SSSR count). The molecule has 1 aromatic carbocycles. The van der Waals surface area contributed by atoms with Gasteiger partial charge in [0.1, 0.15) is 5.75 Å². The van der Waals surface area contributed by atoms with E-state index in [4.69, 9.17) is 9.57 Å². The van der Waals surface area contributed by atoms with Crippen LogP contribution in [0.25, 0.3) is 0 Å². The quantitative estimate of drug-likeness (QED) is 0.415. The first-order valence-electron chi connectivity index (χ1n) is 14.0. The molecule has 10 heteroatoms. The average molecular weight is 531 g/mol. The highest BCUT2D eigenvalue weighted by Gasteiger charge is 2.47. The van der Waals surface area contributed by atoms with E-state index in [2.05, 4.69) is 6.07 Å². The lowest BCUT2D eigenvalue weighted by atomic mass is 9.83. The highest BCUT2D eigenvalue weighted by atomic mass is 16.7. The van der Waals surface area contributed by atoms with Crippen LogP contribution in [0.2, 0.25) is 0 Å². The highest BCUT2D eigenvalue weighted by molar-refractivity contribution is 5.78. The molecule has 1 N–H and O–H groups in total. The van der Waals surface area contributed by atoms with Crippen LogP contribution < -0.4 is 4.74 Å². The summed E-state index contributed by atoms with van der Waals surface area (Å²) in [5, 5.41) is 11.9. The van der Waals surface area contributed by atoms with Crippen molar-refractivity contribution in [2.24, 2.45) is 5.92 Å². The standard InChI is InChI=1S/C28H42N4O6/c1-4-11-32(38-15-5-2)25(33)19-31-18-22(20-7-8-24-21(17-20)10-16-37-24)26(27(34)35)23(31)9-14-30-13-6-12-29(3)28(30)36/h7-8,17,22-23,26H,4-6,9-16,18-19H2,1-3H3,(H,34,35)/t22-,23+,26-/m1/s1. The van der Waals surface area contributed by atoms with Gasteiger partial charge in [0.15, 0.2) is 0 Å². The fraction of sp³-hybridized carbons (Fsp3) is 0.679. The van der Waals surface area contributed by atoms with Gasteiger partial charge in [0.25, 0.3) is 5.91 Å². The fourth-order valence-electron chi connectivity index (χ4n) is 5.97. The summed E-state index contributed by atoms with van der Waals surface area (Å²) in [6, 6.07) is 5.55. The monoisotopic (exact) mass is 530 g/mol. The molecule has 2 saturated heterocycles. The van der Waals surface area contributed by atoms with E-state index in [1.54, 1.807) is 16.8 Å². The van der Waals surface area contributed by atoms with Gasteiger partial charge in [0.2, 0.25) is 0 Å². The number of rotatable bonds is 12. The number of aliphatic carboxylic acids is 1. The van der Waals surface area contributed by atoms with Crippen molar-refractivity contribution in [1.82, 2.24) is 19.8 Å². The van der Waals surface area contributed by atoms with Gasteiger partial charge in [-0.05, 0) is 42.9 Å². The number of ether oxygens (including phenoxy) is 1. The van der Waals surface area contributed by atoms with Crippen LogP contribution in [0.1, 0.15) is 56.6 Å². The third-order valence-corrected chi connectivity index (χ3v) is 7.88. The fourth-order valence-corrected chi connectivity index (χ4v) is 5.97. The van der Waals surface area contributed by atoms with Crippen LogP contribution in [0.4, 0.5) is 4.79 Å². The molecular weight excluding hydrogens is 488 g/mol. The van der Waals surface area contributed by atoms with Crippen LogP contribution in [-0.4, -0.2) is 108 Å². The van der Waals surface area contributed by atoms with Crippen molar-refractivity contribution in [3.63, 3.8) is 0 Å². The predicted molar refractivity (Wildman–Crippen MR) is 142 cm³/mol. The Kier molecular flexibility index (Phi) is 9.49. The summed E-state index contributed by atoms with van der Waals surface area (Å²) in [4.78, 5) is 50.0. The summed E-state index contributed by atoms with van der Waals surface area (Å²) in [5.74, 6) is -1.14. The summed E-state index contributed by atoms with van der Waals surface area (Å²) in [5.41, 5.74) is 2.06. The first-order chi connectivity index (χ1) is 18.3. The van der Waals surface area contributed by atoms with E-state index in [1.165, 1.54) is 5.06 Å². The number of amides is 3. The molecule has 0 aliphatic carbocycles. The van der Waals surface area contributed by atoms with E-state index < -0.39 is 11.9 Å². The Bertz CT molecular complexity index is 1000. The zero-order chi connectivity index (χ0) is 27.2. The largest absolute Gasteiger partial charge is 0.493 e. The molecule has 3 heterocycles. The number of carbonyl (C=O) groups excluding carboxylic acids is 2. The normalized spacial score (nSPS) is 23.4. The van der Waals surface area contributed by atoms with E-state index in [0.29, 0.717) is 45.8 Å². The number of benzene rings is 1. The summed E-state index contributed by atoms with van der Waals surface area (Å²) in [6.45, 7) is 7.95. The van der Waals surface area contributed by atoms with Gasteiger partial charge >= 0.3 is 12.0 Å². The minimum atomic E-state index is -0.874. The maximum absolute atomic E-state index is 13.3. The number of hydroxylamine groups is 2. The zero-order valence-corrected chi connectivity index (χ0v) is 22.9. The van der Waals surface area contributed by atoms with Crippen molar-refractivity contribution in [3.8, 4) is 5.75 Å². The topological polar surface area (TPSA) is 103 Å². The van der Waals surface area contributed by atoms with Crippen LogP contribution in [0, 0.1) is 5.92 Å². The lowest BCUT2D eigenvalue weighted by Gasteiger charge is -2.35. The highest BCUT2D eigenvalue weighted by Crippen LogP contribution is 2.41. The van der Waals surface area contributed by atoms with E-state index >= 15 is 0 Å². The van der Waals surface area contributed by atoms with Gasteiger partial charge in [-0.15, -0.1) is 0 Å². The smallest absolute Gasteiger partial charge is 0.319 e. The molecule has 0 unspecified atom stereocenters. The van der Waals surface area contributed by atoms with Gasteiger partial charge in [-0.25, -0.2) is 9.86 Å². The summed E-state index contributed by atoms with van der Waals surface area (Å²) in [7, 11) is 1.79. The van der Waals surface area contributed by atoms with Crippen LogP contribution in [0.5, 0.6) is 5.75 Å². The van der Waals surface area contributed by atoms with Crippen molar-refractivity contribution < 1.29 is 29.1 Å². The molecule has 3 amide bonds. The van der Waals surface area contributed by atoms with Gasteiger partial charge in [0, 0.05) is 58.2 Å². The number of nitrogens with zero attached hydrogens (tertiary/aromatic N) is 4.